The number of nitrogens with zero attached hydrogens (tertiary/aromatic N) is 1. The predicted molar refractivity (Wildman–Crippen MR) is 93.7 cm³/mol. The molecule has 1 aliphatic rings. The molecule has 0 bridgehead atoms. The van der Waals surface area contributed by atoms with E-state index in [9.17, 15) is 13.2 Å². The molecule has 0 radical (unpaired) electrons. The molecule has 2 atom stereocenters. The Kier molecular flexibility index (Phi) is 6.48. The summed E-state index contributed by atoms with van der Waals surface area (Å²) in [5, 5.41) is 0.542. The number of nitrogens with one attached hydrogen (secondary N) is 1. The van der Waals surface area contributed by atoms with Crippen molar-refractivity contribution in [3.63, 3.8) is 0 Å². The Morgan fingerprint density at radius 3 is 2.88 bits per heavy atom. The molecular weight excluding hydrogens is 352 g/mol. The summed E-state index contributed by atoms with van der Waals surface area (Å²) in [6.45, 7) is 2.53. The van der Waals surface area contributed by atoms with Crippen molar-refractivity contribution in [2.24, 2.45) is 0 Å². The van der Waals surface area contributed by atoms with Gasteiger partial charge in [-0.2, -0.15) is 0 Å². The van der Waals surface area contributed by atoms with E-state index in [0.717, 1.165) is 25.5 Å². The summed E-state index contributed by atoms with van der Waals surface area (Å²) >= 11 is 5.92. The Bertz CT molecular complexity index is 680. The number of sulfonamides is 1. The number of piperidine rings is 1. The molecule has 1 saturated heterocycles. The third-order valence-electron chi connectivity index (χ3n) is 3.95. The van der Waals surface area contributed by atoms with Crippen LogP contribution in [0.2, 0.25) is 5.02 Å². The number of ether oxygens (including phenoxy) is 1. The van der Waals surface area contributed by atoms with Crippen LogP contribution in [0, 0.1) is 0 Å². The van der Waals surface area contributed by atoms with Crippen molar-refractivity contribution < 1.29 is 17.9 Å². The summed E-state index contributed by atoms with van der Waals surface area (Å²) in [6.07, 6.45) is 3.11. The van der Waals surface area contributed by atoms with E-state index in [-0.39, 0.29) is 18.5 Å². The Hall–Kier alpha value is -1.31. The zero-order valence-corrected chi connectivity index (χ0v) is 15.4. The van der Waals surface area contributed by atoms with Crippen molar-refractivity contribution in [1.29, 1.82) is 0 Å². The lowest BCUT2D eigenvalue weighted by atomic mass is 10.0. The van der Waals surface area contributed by atoms with E-state index in [1.807, 2.05) is 0 Å². The highest BCUT2D eigenvalue weighted by Gasteiger charge is 2.31. The number of carbonyl (C=O) groups is 1. The van der Waals surface area contributed by atoms with Crippen LogP contribution in [-0.2, 0) is 14.8 Å². The van der Waals surface area contributed by atoms with Gasteiger partial charge in [0, 0.05) is 24.2 Å². The van der Waals surface area contributed by atoms with Crippen molar-refractivity contribution in [1.82, 2.24) is 9.62 Å². The second-order valence-electron chi connectivity index (χ2n) is 6.02. The first-order valence-electron chi connectivity index (χ1n) is 7.93. The van der Waals surface area contributed by atoms with Gasteiger partial charge in [-0.05, 0) is 44.4 Å². The average molecular weight is 375 g/mol. The third kappa shape index (κ3) is 5.65. The maximum absolute atomic E-state index is 12.7. The van der Waals surface area contributed by atoms with Gasteiger partial charge in [0.05, 0.1) is 6.26 Å². The highest BCUT2D eigenvalue weighted by Crippen LogP contribution is 2.21. The first-order valence-corrected chi connectivity index (χ1v) is 10.2. The third-order valence-corrected chi connectivity index (χ3v) is 4.87. The number of rotatable bonds is 6. The first-order chi connectivity index (χ1) is 11.3. The summed E-state index contributed by atoms with van der Waals surface area (Å²) in [5.41, 5.74) is 0. The second kappa shape index (κ2) is 8.18. The SMILES string of the molecule is C[C@H](Oc1cccc(Cl)c1)C(=O)N1CCCC[C@@H]1CNS(C)(=O)=O. The molecule has 24 heavy (non-hydrogen) atoms. The van der Waals surface area contributed by atoms with Gasteiger partial charge in [-0.25, -0.2) is 13.1 Å². The van der Waals surface area contributed by atoms with Crippen molar-refractivity contribution in [2.75, 3.05) is 19.3 Å². The van der Waals surface area contributed by atoms with Gasteiger partial charge < -0.3 is 9.64 Å². The summed E-state index contributed by atoms with van der Waals surface area (Å²) < 4.78 is 30.8. The Morgan fingerprint density at radius 1 is 1.46 bits per heavy atom. The maximum atomic E-state index is 12.7. The molecule has 1 amide bonds. The summed E-state index contributed by atoms with van der Waals surface area (Å²) in [4.78, 5) is 14.4. The smallest absolute Gasteiger partial charge is 0.263 e. The fourth-order valence-electron chi connectivity index (χ4n) is 2.78. The number of benzene rings is 1. The van der Waals surface area contributed by atoms with E-state index in [0.29, 0.717) is 17.3 Å². The minimum Gasteiger partial charge on any atom is -0.481 e. The zero-order chi connectivity index (χ0) is 17.7. The molecule has 2 rings (SSSR count). The molecule has 1 fully saturated rings. The molecule has 134 valence electrons. The Labute approximate surface area is 148 Å². The van der Waals surface area contributed by atoms with E-state index in [2.05, 4.69) is 4.72 Å². The Balaban J connectivity index is 2.01. The number of hydrogen-bond acceptors (Lipinski definition) is 4. The summed E-state index contributed by atoms with van der Waals surface area (Å²) in [6, 6.07) is 6.75. The summed E-state index contributed by atoms with van der Waals surface area (Å²) in [7, 11) is -3.28. The molecule has 0 saturated carbocycles. The number of likely N-dealkylation sites (tertiary alicyclic amines) is 1. The van der Waals surface area contributed by atoms with Crippen LogP contribution in [-0.4, -0.2) is 50.7 Å². The maximum Gasteiger partial charge on any atom is 0.263 e. The minimum absolute atomic E-state index is 0.144. The second-order valence-corrected chi connectivity index (χ2v) is 8.29. The lowest BCUT2D eigenvalue weighted by Crippen LogP contribution is -2.52. The molecule has 1 aliphatic heterocycles. The number of amides is 1. The molecule has 1 aromatic carbocycles. The monoisotopic (exact) mass is 374 g/mol. The van der Waals surface area contributed by atoms with Crippen LogP contribution in [0.25, 0.3) is 0 Å². The van der Waals surface area contributed by atoms with Gasteiger partial charge in [-0.15, -0.1) is 0 Å². The van der Waals surface area contributed by atoms with E-state index in [1.54, 1.807) is 36.1 Å². The zero-order valence-electron chi connectivity index (χ0n) is 13.9. The molecular formula is C16H23ClN2O4S. The van der Waals surface area contributed by atoms with Gasteiger partial charge in [-0.1, -0.05) is 17.7 Å². The van der Waals surface area contributed by atoms with Crippen molar-refractivity contribution in [3.05, 3.63) is 29.3 Å². The summed E-state index contributed by atoms with van der Waals surface area (Å²) in [5.74, 6) is 0.390. The van der Waals surface area contributed by atoms with E-state index in [1.165, 1.54) is 0 Å². The Morgan fingerprint density at radius 2 is 2.21 bits per heavy atom. The van der Waals surface area contributed by atoms with E-state index < -0.39 is 16.1 Å². The lowest BCUT2D eigenvalue weighted by Gasteiger charge is -2.37. The van der Waals surface area contributed by atoms with E-state index in [4.69, 9.17) is 16.3 Å². The van der Waals surface area contributed by atoms with Crippen LogP contribution in [0.1, 0.15) is 26.2 Å². The first kappa shape index (κ1) is 19.0. The van der Waals surface area contributed by atoms with E-state index >= 15 is 0 Å². The number of carbonyl (C=O) groups excluding carboxylic acids is 1. The topological polar surface area (TPSA) is 75.7 Å². The fraction of sp³-hybridized carbons (Fsp3) is 0.562. The molecule has 0 unspecified atom stereocenters. The van der Waals surface area contributed by atoms with Gasteiger partial charge in [-0.3, -0.25) is 4.79 Å². The van der Waals surface area contributed by atoms with Gasteiger partial charge in [0.15, 0.2) is 6.10 Å². The minimum atomic E-state index is -3.28. The highest BCUT2D eigenvalue weighted by molar-refractivity contribution is 7.88. The standard InChI is InChI=1S/C16H23ClN2O4S/c1-12(23-15-8-5-6-13(17)10-15)16(20)19-9-4-3-7-14(19)11-18-24(2,21)22/h5-6,8,10,12,14,18H,3-4,7,9,11H2,1-2H3/t12-,14+/m0/s1. The average Bonchev–Trinajstić information content (AvgIpc) is 2.52. The predicted octanol–water partition coefficient (Wildman–Crippen LogP) is 2.04. The van der Waals surface area contributed by atoms with Crippen LogP contribution in [0.15, 0.2) is 24.3 Å². The number of halogens is 1. The van der Waals surface area contributed by atoms with Gasteiger partial charge in [0.25, 0.3) is 5.91 Å². The quantitative estimate of drug-likeness (QED) is 0.826. The molecule has 0 aliphatic carbocycles. The highest BCUT2D eigenvalue weighted by atomic mass is 35.5. The largest absolute Gasteiger partial charge is 0.481 e. The van der Waals surface area contributed by atoms with Gasteiger partial charge >= 0.3 is 0 Å². The molecule has 1 aromatic rings. The van der Waals surface area contributed by atoms with Crippen LogP contribution >= 0.6 is 11.6 Å². The molecule has 0 spiro atoms. The lowest BCUT2D eigenvalue weighted by molar-refractivity contribution is -0.141. The van der Waals surface area contributed by atoms with Crippen molar-refractivity contribution in [2.45, 2.75) is 38.3 Å². The van der Waals surface area contributed by atoms with Crippen molar-refractivity contribution >= 4 is 27.5 Å². The molecule has 1 N–H and O–H groups in total. The normalized spacial score (nSPS) is 19.8. The molecule has 8 heteroatoms. The molecule has 6 nitrogen and oxygen atoms in total. The van der Waals surface area contributed by atoms with Gasteiger partial charge in [0.1, 0.15) is 5.75 Å². The molecule has 1 heterocycles. The fourth-order valence-corrected chi connectivity index (χ4v) is 3.45. The van der Waals surface area contributed by atoms with Crippen LogP contribution in [0.4, 0.5) is 0 Å². The molecule has 0 aromatic heterocycles. The van der Waals surface area contributed by atoms with Crippen molar-refractivity contribution in [3.8, 4) is 5.75 Å². The van der Waals surface area contributed by atoms with Gasteiger partial charge in [0.2, 0.25) is 10.0 Å². The van der Waals surface area contributed by atoms with Crippen LogP contribution in [0.3, 0.4) is 0 Å². The van der Waals surface area contributed by atoms with Crippen LogP contribution in [0.5, 0.6) is 5.75 Å². The number of hydrogen-bond donors (Lipinski definition) is 1. The van der Waals surface area contributed by atoms with Crippen LogP contribution < -0.4 is 9.46 Å².